The van der Waals surface area contributed by atoms with Crippen molar-refractivity contribution in [2.24, 2.45) is 5.73 Å². The number of alkyl halides is 2. The second-order valence-corrected chi connectivity index (χ2v) is 3.48. The molecule has 1 rings (SSSR count). The number of halogens is 2. The van der Waals surface area contributed by atoms with E-state index >= 15 is 0 Å². The Kier molecular flexibility index (Phi) is 5.02. The lowest BCUT2D eigenvalue weighted by molar-refractivity contribution is 0.154. The first-order valence-corrected chi connectivity index (χ1v) is 5.19. The molecule has 1 heterocycles. The number of aromatic nitrogens is 2. The smallest absolute Gasteiger partial charge is 0.255 e. The predicted molar refractivity (Wildman–Crippen MR) is 60.6 cm³/mol. The van der Waals surface area contributed by atoms with Crippen LogP contribution in [0.15, 0.2) is 6.07 Å². The van der Waals surface area contributed by atoms with Crippen molar-refractivity contribution in [3.63, 3.8) is 0 Å². The second kappa shape index (κ2) is 6.29. The van der Waals surface area contributed by atoms with Crippen LogP contribution in [-0.4, -0.2) is 43.1 Å². The van der Waals surface area contributed by atoms with E-state index in [9.17, 15) is 8.78 Å². The highest BCUT2D eigenvalue weighted by Crippen LogP contribution is 2.15. The van der Waals surface area contributed by atoms with Gasteiger partial charge in [0.15, 0.2) is 0 Å². The van der Waals surface area contributed by atoms with E-state index in [-0.39, 0.29) is 19.0 Å². The fraction of sp³-hybridized carbons (Fsp3) is 0.600. The van der Waals surface area contributed by atoms with Gasteiger partial charge in [-0.3, -0.25) is 0 Å². The predicted octanol–water partition coefficient (Wildman–Crippen LogP) is 0.824. The summed E-state index contributed by atoms with van der Waals surface area (Å²) in [4.78, 5) is 9.47. The molecule has 0 fully saturated rings. The second-order valence-electron chi connectivity index (χ2n) is 3.48. The summed E-state index contributed by atoms with van der Waals surface area (Å²) in [6.07, 6.45) is -2.46. The first kappa shape index (κ1) is 13.6. The van der Waals surface area contributed by atoms with Crippen molar-refractivity contribution in [1.29, 1.82) is 0 Å². The van der Waals surface area contributed by atoms with Gasteiger partial charge in [0, 0.05) is 24.8 Å². The maximum Gasteiger partial charge on any atom is 0.255 e. The topological polar surface area (TPSA) is 64.3 Å². The monoisotopic (exact) mass is 246 g/mol. The van der Waals surface area contributed by atoms with E-state index in [4.69, 9.17) is 10.5 Å². The highest BCUT2D eigenvalue weighted by Gasteiger charge is 2.15. The van der Waals surface area contributed by atoms with Crippen LogP contribution in [0.25, 0.3) is 0 Å². The summed E-state index contributed by atoms with van der Waals surface area (Å²) in [6, 6.07) is 1.63. The minimum Gasteiger partial charge on any atom is -0.481 e. The van der Waals surface area contributed by atoms with Crippen molar-refractivity contribution in [2.75, 3.05) is 31.6 Å². The number of rotatable bonds is 6. The SMILES string of the molecule is COc1cc(C)nc(N(CCN)CC(F)F)n1. The number of anilines is 1. The molecular formula is C10H16F2N4O. The van der Waals surface area contributed by atoms with E-state index < -0.39 is 13.0 Å². The molecule has 2 N–H and O–H groups in total. The summed E-state index contributed by atoms with van der Waals surface area (Å²) >= 11 is 0. The van der Waals surface area contributed by atoms with Crippen LogP contribution < -0.4 is 15.4 Å². The van der Waals surface area contributed by atoms with Crippen molar-refractivity contribution in [2.45, 2.75) is 13.3 Å². The molecule has 0 aliphatic rings. The maximum absolute atomic E-state index is 12.4. The number of nitrogens with zero attached hydrogens (tertiary/aromatic N) is 3. The molecule has 1 aromatic rings. The Balaban J connectivity index is 2.95. The number of methoxy groups -OCH3 is 1. The summed E-state index contributed by atoms with van der Waals surface area (Å²) in [7, 11) is 1.46. The summed E-state index contributed by atoms with van der Waals surface area (Å²) < 4.78 is 29.8. The number of aryl methyl sites for hydroxylation is 1. The average Bonchev–Trinajstić information content (AvgIpc) is 2.27. The Morgan fingerprint density at radius 1 is 1.47 bits per heavy atom. The standard InChI is InChI=1S/C10H16F2N4O/c1-7-5-9(17-2)15-10(14-7)16(4-3-13)6-8(11)12/h5,8H,3-4,6,13H2,1-2H3. The Bertz CT molecular complexity index is 362. The van der Waals surface area contributed by atoms with Crippen LogP contribution in [-0.2, 0) is 0 Å². The van der Waals surface area contributed by atoms with Gasteiger partial charge in [-0.1, -0.05) is 0 Å². The zero-order chi connectivity index (χ0) is 12.8. The molecule has 0 radical (unpaired) electrons. The van der Waals surface area contributed by atoms with Crippen LogP contribution in [0.1, 0.15) is 5.69 Å². The lowest BCUT2D eigenvalue weighted by atomic mass is 10.4. The van der Waals surface area contributed by atoms with Gasteiger partial charge in [0.05, 0.1) is 13.7 Å². The van der Waals surface area contributed by atoms with Crippen LogP contribution in [0.3, 0.4) is 0 Å². The maximum atomic E-state index is 12.4. The summed E-state index contributed by atoms with van der Waals surface area (Å²) in [5.74, 6) is 0.566. The van der Waals surface area contributed by atoms with E-state index in [2.05, 4.69) is 9.97 Å². The number of hydrogen-bond donors (Lipinski definition) is 1. The van der Waals surface area contributed by atoms with E-state index in [1.807, 2.05) is 0 Å². The molecule has 96 valence electrons. The van der Waals surface area contributed by atoms with Gasteiger partial charge in [0.2, 0.25) is 11.8 Å². The third-order valence-corrected chi connectivity index (χ3v) is 2.07. The van der Waals surface area contributed by atoms with Crippen LogP contribution in [0.5, 0.6) is 5.88 Å². The lowest BCUT2D eigenvalue weighted by Crippen LogP contribution is -2.35. The van der Waals surface area contributed by atoms with Gasteiger partial charge in [-0.2, -0.15) is 4.98 Å². The fourth-order valence-electron chi connectivity index (χ4n) is 1.37. The summed E-state index contributed by atoms with van der Waals surface area (Å²) in [5.41, 5.74) is 6.03. The Labute approximate surface area is 98.6 Å². The van der Waals surface area contributed by atoms with E-state index in [0.29, 0.717) is 11.6 Å². The molecule has 0 aliphatic carbocycles. The van der Waals surface area contributed by atoms with Gasteiger partial charge in [-0.05, 0) is 6.92 Å². The summed E-state index contributed by atoms with van der Waals surface area (Å²) in [6.45, 7) is 1.84. The normalized spacial score (nSPS) is 10.7. The van der Waals surface area contributed by atoms with Crippen LogP contribution in [0.4, 0.5) is 14.7 Å². The molecule has 0 atom stereocenters. The molecule has 0 aromatic carbocycles. The first-order chi connectivity index (χ1) is 8.06. The zero-order valence-electron chi connectivity index (χ0n) is 9.86. The molecule has 5 nitrogen and oxygen atoms in total. The van der Waals surface area contributed by atoms with E-state index in [1.165, 1.54) is 12.0 Å². The molecule has 0 unspecified atom stereocenters. The van der Waals surface area contributed by atoms with Crippen molar-refractivity contribution >= 4 is 5.95 Å². The zero-order valence-corrected chi connectivity index (χ0v) is 9.86. The third-order valence-electron chi connectivity index (χ3n) is 2.07. The fourth-order valence-corrected chi connectivity index (χ4v) is 1.37. The summed E-state index contributed by atoms with van der Waals surface area (Å²) in [5, 5.41) is 0. The Morgan fingerprint density at radius 3 is 2.71 bits per heavy atom. The lowest BCUT2D eigenvalue weighted by Gasteiger charge is -2.21. The Hall–Kier alpha value is -1.50. The van der Waals surface area contributed by atoms with Crippen molar-refractivity contribution in [1.82, 2.24) is 9.97 Å². The van der Waals surface area contributed by atoms with Gasteiger partial charge in [-0.25, -0.2) is 13.8 Å². The molecule has 17 heavy (non-hydrogen) atoms. The van der Waals surface area contributed by atoms with Gasteiger partial charge >= 0.3 is 0 Å². The third kappa shape index (κ3) is 4.10. The highest BCUT2D eigenvalue weighted by atomic mass is 19.3. The van der Waals surface area contributed by atoms with Crippen LogP contribution >= 0.6 is 0 Å². The van der Waals surface area contributed by atoms with Crippen LogP contribution in [0.2, 0.25) is 0 Å². The molecule has 0 amide bonds. The first-order valence-electron chi connectivity index (χ1n) is 5.19. The van der Waals surface area contributed by atoms with Gasteiger partial charge in [0.1, 0.15) is 0 Å². The van der Waals surface area contributed by atoms with Gasteiger partial charge in [-0.15, -0.1) is 0 Å². The minimum atomic E-state index is -2.46. The van der Waals surface area contributed by atoms with E-state index in [1.54, 1.807) is 13.0 Å². The largest absolute Gasteiger partial charge is 0.481 e. The highest BCUT2D eigenvalue weighted by molar-refractivity contribution is 5.34. The van der Waals surface area contributed by atoms with Crippen LogP contribution in [0, 0.1) is 6.92 Å². The molecule has 0 saturated heterocycles. The molecule has 0 bridgehead atoms. The average molecular weight is 246 g/mol. The molecular weight excluding hydrogens is 230 g/mol. The molecule has 0 aliphatic heterocycles. The Morgan fingerprint density at radius 2 is 2.18 bits per heavy atom. The number of ether oxygens (including phenoxy) is 1. The van der Waals surface area contributed by atoms with Gasteiger partial charge in [0.25, 0.3) is 6.43 Å². The van der Waals surface area contributed by atoms with Crippen molar-refractivity contribution in [3.8, 4) is 5.88 Å². The van der Waals surface area contributed by atoms with E-state index in [0.717, 1.165) is 0 Å². The molecule has 1 aromatic heterocycles. The molecule has 0 spiro atoms. The quantitative estimate of drug-likeness (QED) is 0.805. The van der Waals surface area contributed by atoms with Gasteiger partial charge < -0.3 is 15.4 Å². The minimum absolute atomic E-state index is 0.215. The molecule has 7 heteroatoms. The van der Waals surface area contributed by atoms with Crippen molar-refractivity contribution < 1.29 is 13.5 Å². The number of nitrogens with two attached hydrogens (primary N) is 1. The molecule has 0 saturated carbocycles. The van der Waals surface area contributed by atoms with Crippen molar-refractivity contribution in [3.05, 3.63) is 11.8 Å². The number of hydrogen-bond acceptors (Lipinski definition) is 5.